The van der Waals surface area contributed by atoms with Gasteiger partial charge in [-0.05, 0) is 20.2 Å². The van der Waals surface area contributed by atoms with Crippen molar-refractivity contribution in [3.63, 3.8) is 0 Å². The molecule has 8 heavy (non-hydrogen) atoms. The van der Waals surface area contributed by atoms with Crippen molar-refractivity contribution in [2.75, 3.05) is 4.61 Å². The van der Waals surface area contributed by atoms with Crippen LogP contribution < -0.4 is 0 Å². The molecule has 0 fully saturated rings. The standard InChI is InChI=1S/CH3IO6/c2-1-4-6-8-7-5-3/h3H,1H2. The zero-order valence-electron chi connectivity index (χ0n) is 3.57. The van der Waals surface area contributed by atoms with Crippen LogP contribution >= 0.6 is 22.6 Å². The van der Waals surface area contributed by atoms with Crippen molar-refractivity contribution in [2.45, 2.75) is 0 Å². The minimum Gasteiger partial charge on any atom is -0.219 e. The average molecular weight is 238 g/mol. The summed E-state index contributed by atoms with van der Waals surface area (Å²) >= 11 is 1.85. The average Bonchev–Trinajstić information content (AvgIpc) is 1.81. The van der Waals surface area contributed by atoms with Crippen molar-refractivity contribution in [3.05, 3.63) is 0 Å². The molecule has 0 rings (SSSR count). The second kappa shape index (κ2) is 7.49. The first-order valence-electron chi connectivity index (χ1n) is 1.41. The van der Waals surface area contributed by atoms with Crippen LogP contribution in [-0.2, 0) is 25.0 Å². The number of alkyl halides is 1. The lowest BCUT2D eigenvalue weighted by Gasteiger charge is -1.92. The van der Waals surface area contributed by atoms with Crippen molar-refractivity contribution in [1.82, 2.24) is 0 Å². The summed E-state index contributed by atoms with van der Waals surface area (Å²) in [4.78, 5) is 4.08. The Morgan fingerprint density at radius 3 is 2.50 bits per heavy atom. The summed E-state index contributed by atoms with van der Waals surface area (Å²) in [7, 11) is 0. The maximum atomic E-state index is 7.38. The molecule has 7 heteroatoms. The number of halogens is 1. The molecule has 0 aromatic carbocycles. The Labute approximate surface area is 58.0 Å². The summed E-state index contributed by atoms with van der Waals surface area (Å²) in [6.45, 7) is 0. The van der Waals surface area contributed by atoms with Crippen LogP contribution in [0.15, 0.2) is 0 Å². The molecular formula is CH3IO6. The van der Waals surface area contributed by atoms with Gasteiger partial charge in [0.2, 0.25) is 0 Å². The van der Waals surface area contributed by atoms with E-state index in [4.69, 9.17) is 5.26 Å². The minimum absolute atomic E-state index is 0.270. The third-order valence-electron chi connectivity index (χ3n) is 0.179. The van der Waals surface area contributed by atoms with Gasteiger partial charge in [0.25, 0.3) is 0 Å². The van der Waals surface area contributed by atoms with Gasteiger partial charge in [-0.2, -0.15) is 4.89 Å². The third-order valence-corrected chi connectivity index (χ3v) is 0.433. The molecule has 6 nitrogen and oxygen atoms in total. The van der Waals surface area contributed by atoms with E-state index in [2.05, 4.69) is 25.0 Å². The van der Waals surface area contributed by atoms with Gasteiger partial charge in [0.15, 0.2) is 0 Å². The fraction of sp³-hybridized carbons (Fsp3) is 1.00. The zero-order valence-corrected chi connectivity index (χ0v) is 5.73. The van der Waals surface area contributed by atoms with E-state index >= 15 is 0 Å². The van der Waals surface area contributed by atoms with Gasteiger partial charge in [0.1, 0.15) is 4.61 Å². The molecule has 0 heterocycles. The predicted molar refractivity (Wildman–Crippen MR) is 26.9 cm³/mol. The number of hydrogen-bond acceptors (Lipinski definition) is 6. The van der Waals surface area contributed by atoms with Gasteiger partial charge in [0, 0.05) is 0 Å². The Morgan fingerprint density at radius 1 is 1.25 bits per heavy atom. The highest BCUT2D eigenvalue weighted by Crippen LogP contribution is 1.86. The van der Waals surface area contributed by atoms with Crippen molar-refractivity contribution in [1.29, 1.82) is 0 Å². The van der Waals surface area contributed by atoms with Gasteiger partial charge in [-0.3, -0.25) is 0 Å². The van der Waals surface area contributed by atoms with Crippen molar-refractivity contribution in [2.24, 2.45) is 0 Å². The number of hydrogen-bond donors (Lipinski definition) is 1. The fourth-order valence-corrected chi connectivity index (χ4v) is 0.165. The van der Waals surface area contributed by atoms with Crippen LogP contribution in [0.4, 0.5) is 0 Å². The molecule has 0 aliphatic heterocycles. The summed E-state index contributed by atoms with van der Waals surface area (Å²) in [5, 5.41) is 20.9. The summed E-state index contributed by atoms with van der Waals surface area (Å²) in [5.74, 6) is 0. The van der Waals surface area contributed by atoms with Crippen LogP contribution in [0.25, 0.3) is 0 Å². The Kier molecular flexibility index (Phi) is 7.95. The van der Waals surface area contributed by atoms with Crippen LogP contribution in [0.1, 0.15) is 0 Å². The van der Waals surface area contributed by atoms with E-state index in [0.29, 0.717) is 0 Å². The van der Waals surface area contributed by atoms with E-state index in [0.717, 1.165) is 0 Å². The van der Waals surface area contributed by atoms with Gasteiger partial charge in [-0.25, -0.2) is 5.26 Å². The molecule has 0 saturated carbocycles. The van der Waals surface area contributed by atoms with Crippen molar-refractivity contribution in [3.8, 4) is 0 Å². The van der Waals surface area contributed by atoms with E-state index in [1.807, 2.05) is 22.6 Å². The second-order valence-electron chi connectivity index (χ2n) is 0.506. The molecule has 0 amide bonds. The normalized spacial score (nSPS) is 9.75. The molecule has 0 bridgehead atoms. The Hall–Kier alpha value is 0.490. The van der Waals surface area contributed by atoms with Crippen LogP contribution in [0.3, 0.4) is 0 Å². The van der Waals surface area contributed by atoms with E-state index in [9.17, 15) is 0 Å². The fourth-order valence-electron chi connectivity index (χ4n) is 0.0616. The zero-order chi connectivity index (χ0) is 6.24. The Balaban J connectivity index is 2.53. The van der Waals surface area contributed by atoms with Crippen molar-refractivity contribution < 1.29 is 30.3 Å². The first-order valence-corrected chi connectivity index (χ1v) is 2.93. The predicted octanol–water partition coefficient (Wildman–Crippen LogP) is 0.595. The molecule has 0 aliphatic carbocycles. The van der Waals surface area contributed by atoms with Gasteiger partial charge >= 0.3 is 0 Å². The SMILES string of the molecule is OOOOOOCI. The van der Waals surface area contributed by atoms with Gasteiger partial charge in [0.05, 0.1) is 0 Å². The van der Waals surface area contributed by atoms with Crippen LogP contribution in [-0.4, -0.2) is 9.87 Å². The lowest BCUT2D eigenvalue weighted by molar-refractivity contribution is -0.751. The molecule has 50 valence electrons. The van der Waals surface area contributed by atoms with E-state index in [1.165, 1.54) is 0 Å². The van der Waals surface area contributed by atoms with Gasteiger partial charge in [-0.15, -0.1) is 0 Å². The van der Waals surface area contributed by atoms with Crippen LogP contribution in [0.5, 0.6) is 0 Å². The molecular weight excluding hydrogens is 235 g/mol. The van der Waals surface area contributed by atoms with Crippen LogP contribution in [0, 0.1) is 0 Å². The third kappa shape index (κ3) is 6.49. The smallest absolute Gasteiger partial charge is 0.137 e. The minimum atomic E-state index is 0.270. The molecule has 0 aliphatic rings. The van der Waals surface area contributed by atoms with E-state index in [-0.39, 0.29) is 4.61 Å². The van der Waals surface area contributed by atoms with Crippen molar-refractivity contribution >= 4 is 22.6 Å². The quantitative estimate of drug-likeness (QED) is 0.248. The molecule has 0 radical (unpaired) electrons. The first kappa shape index (κ1) is 8.49. The summed E-state index contributed by atoms with van der Waals surface area (Å²) in [6.07, 6.45) is 0. The van der Waals surface area contributed by atoms with Crippen LogP contribution in [0.2, 0.25) is 0 Å². The molecule has 0 aromatic heterocycles. The monoisotopic (exact) mass is 238 g/mol. The van der Waals surface area contributed by atoms with Gasteiger partial charge in [-0.1, -0.05) is 22.6 Å². The largest absolute Gasteiger partial charge is 0.219 e. The maximum absolute atomic E-state index is 7.38. The molecule has 0 unspecified atom stereocenters. The lowest BCUT2D eigenvalue weighted by atomic mass is 11.8. The van der Waals surface area contributed by atoms with E-state index < -0.39 is 0 Å². The highest BCUT2D eigenvalue weighted by Gasteiger charge is 1.85. The second-order valence-corrected chi connectivity index (χ2v) is 1.13. The first-order chi connectivity index (χ1) is 3.91. The molecule has 1 N–H and O–H groups in total. The maximum Gasteiger partial charge on any atom is 0.137 e. The Morgan fingerprint density at radius 2 is 2.00 bits per heavy atom. The molecule has 0 atom stereocenters. The summed E-state index contributed by atoms with van der Waals surface area (Å²) in [5.41, 5.74) is 0. The summed E-state index contributed by atoms with van der Waals surface area (Å²) in [6, 6.07) is 0. The topological polar surface area (TPSA) is 66.4 Å². The highest BCUT2D eigenvalue weighted by atomic mass is 127. The lowest BCUT2D eigenvalue weighted by Crippen LogP contribution is -1.95. The highest BCUT2D eigenvalue weighted by molar-refractivity contribution is 14.1. The summed E-state index contributed by atoms with van der Waals surface area (Å²) < 4.78 is 0.270. The van der Waals surface area contributed by atoms with E-state index in [1.54, 1.807) is 0 Å². The molecule has 0 saturated heterocycles. The Bertz CT molecular complexity index is 33.5. The molecule has 0 aromatic rings. The van der Waals surface area contributed by atoms with Gasteiger partial charge < -0.3 is 0 Å². The number of rotatable bonds is 5. The molecule has 0 spiro atoms.